The topological polar surface area (TPSA) is 23.6 Å². The number of carbonyl (C=O) groups is 1. The number of rotatable bonds is 5. The maximum absolute atomic E-state index is 12.5. The molecule has 2 aromatic rings. The molecule has 3 rings (SSSR count). The first kappa shape index (κ1) is 16.6. The molecule has 1 aliphatic heterocycles. The lowest BCUT2D eigenvalue weighted by atomic mass is 10.1. The van der Waals surface area contributed by atoms with Crippen LogP contribution in [0.4, 0.5) is 0 Å². The van der Waals surface area contributed by atoms with Crippen LogP contribution in [-0.4, -0.2) is 47.3 Å². The van der Waals surface area contributed by atoms with E-state index in [-0.39, 0.29) is 5.91 Å². The van der Waals surface area contributed by atoms with Crippen molar-refractivity contribution < 1.29 is 4.79 Å². The summed E-state index contributed by atoms with van der Waals surface area (Å²) in [5, 5.41) is 4.13. The minimum absolute atomic E-state index is 0.0807. The number of thioether (sulfide) groups is 1. The second-order valence-corrected chi connectivity index (χ2v) is 7.88. The molecule has 23 heavy (non-hydrogen) atoms. The van der Waals surface area contributed by atoms with Gasteiger partial charge in [-0.2, -0.15) is 23.1 Å². The quantitative estimate of drug-likeness (QED) is 0.827. The van der Waals surface area contributed by atoms with Gasteiger partial charge in [0.15, 0.2) is 0 Å². The number of amides is 1. The van der Waals surface area contributed by atoms with Crippen molar-refractivity contribution >= 4 is 29.0 Å². The van der Waals surface area contributed by atoms with E-state index in [1.807, 2.05) is 36.3 Å². The Morgan fingerprint density at radius 3 is 2.52 bits per heavy atom. The van der Waals surface area contributed by atoms with Crippen LogP contribution in [0.25, 0.3) is 0 Å². The number of benzene rings is 1. The third kappa shape index (κ3) is 4.59. The van der Waals surface area contributed by atoms with E-state index in [0.717, 1.165) is 25.2 Å². The number of nitrogens with zero attached hydrogens (tertiary/aromatic N) is 2. The molecule has 0 bridgehead atoms. The standard InChI is InChI=1S/C18H22N2OS2/c1-19(12-16-6-9-23-14-16)18(21)17-4-2-15(3-5-17)13-20-7-10-22-11-8-20/h2-6,9,14H,7-8,10-13H2,1H3. The summed E-state index contributed by atoms with van der Waals surface area (Å²) in [5.74, 6) is 2.53. The fourth-order valence-electron chi connectivity index (χ4n) is 2.72. The fraction of sp³-hybridized carbons (Fsp3) is 0.389. The maximum atomic E-state index is 12.5. The molecule has 122 valence electrons. The highest BCUT2D eigenvalue weighted by molar-refractivity contribution is 7.99. The zero-order valence-electron chi connectivity index (χ0n) is 13.4. The molecule has 0 unspecified atom stereocenters. The minimum atomic E-state index is 0.0807. The van der Waals surface area contributed by atoms with Gasteiger partial charge in [-0.05, 0) is 40.1 Å². The van der Waals surface area contributed by atoms with Gasteiger partial charge in [-0.3, -0.25) is 9.69 Å². The summed E-state index contributed by atoms with van der Waals surface area (Å²) in [7, 11) is 1.86. The molecule has 1 aliphatic rings. The summed E-state index contributed by atoms with van der Waals surface area (Å²) in [6.07, 6.45) is 0. The van der Waals surface area contributed by atoms with Crippen molar-refractivity contribution in [2.45, 2.75) is 13.1 Å². The Kier molecular flexibility index (Phi) is 5.75. The van der Waals surface area contributed by atoms with Gasteiger partial charge < -0.3 is 4.90 Å². The van der Waals surface area contributed by atoms with Crippen LogP contribution in [-0.2, 0) is 13.1 Å². The van der Waals surface area contributed by atoms with Gasteiger partial charge in [0.25, 0.3) is 5.91 Å². The summed E-state index contributed by atoms with van der Waals surface area (Å²) in [5.41, 5.74) is 3.24. The zero-order valence-corrected chi connectivity index (χ0v) is 15.0. The van der Waals surface area contributed by atoms with Gasteiger partial charge >= 0.3 is 0 Å². The molecule has 0 aliphatic carbocycles. The van der Waals surface area contributed by atoms with Crippen LogP contribution in [0, 0.1) is 0 Å². The highest BCUT2D eigenvalue weighted by Crippen LogP contribution is 2.15. The van der Waals surface area contributed by atoms with Gasteiger partial charge in [-0.1, -0.05) is 12.1 Å². The fourth-order valence-corrected chi connectivity index (χ4v) is 4.36. The van der Waals surface area contributed by atoms with E-state index in [1.165, 1.54) is 22.6 Å². The maximum Gasteiger partial charge on any atom is 0.253 e. The van der Waals surface area contributed by atoms with Crippen molar-refractivity contribution in [3.8, 4) is 0 Å². The Bertz CT molecular complexity index is 619. The number of thiophene rings is 1. The van der Waals surface area contributed by atoms with Crippen LogP contribution in [0.3, 0.4) is 0 Å². The molecule has 2 heterocycles. The molecule has 0 spiro atoms. The highest BCUT2D eigenvalue weighted by atomic mass is 32.2. The second kappa shape index (κ2) is 7.99. The first-order chi connectivity index (χ1) is 11.2. The van der Waals surface area contributed by atoms with Crippen molar-refractivity contribution in [2.75, 3.05) is 31.6 Å². The normalized spacial score (nSPS) is 15.5. The summed E-state index contributed by atoms with van der Waals surface area (Å²) < 4.78 is 0. The van der Waals surface area contributed by atoms with Gasteiger partial charge in [0, 0.05) is 50.3 Å². The second-order valence-electron chi connectivity index (χ2n) is 5.88. The molecule has 1 aromatic carbocycles. The SMILES string of the molecule is CN(Cc1ccsc1)C(=O)c1ccc(CN2CCSCC2)cc1. The Balaban J connectivity index is 1.58. The molecule has 1 amide bonds. The molecular formula is C18H22N2OS2. The zero-order chi connectivity index (χ0) is 16.1. The van der Waals surface area contributed by atoms with E-state index < -0.39 is 0 Å². The summed E-state index contributed by atoms with van der Waals surface area (Å²) in [6.45, 7) is 3.97. The summed E-state index contributed by atoms with van der Waals surface area (Å²) in [6, 6.07) is 10.2. The van der Waals surface area contributed by atoms with E-state index >= 15 is 0 Å². The molecular weight excluding hydrogens is 324 g/mol. The smallest absolute Gasteiger partial charge is 0.253 e. The average molecular weight is 347 g/mol. The van der Waals surface area contributed by atoms with E-state index in [0.29, 0.717) is 6.54 Å². The van der Waals surface area contributed by atoms with Crippen LogP contribution >= 0.6 is 23.1 Å². The minimum Gasteiger partial charge on any atom is -0.337 e. The van der Waals surface area contributed by atoms with E-state index in [2.05, 4.69) is 28.5 Å². The lowest BCUT2D eigenvalue weighted by Gasteiger charge is -2.26. The van der Waals surface area contributed by atoms with Crippen LogP contribution in [0.5, 0.6) is 0 Å². The van der Waals surface area contributed by atoms with Crippen LogP contribution in [0.15, 0.2) is 41.1 Å². The molecule has 1 aromatic heterocycles. The van der Waals surface area contributed by atoms with E-state index in [9.17, 15) is 4.79 Å². The predicted octanol–water partition coefficient (Wildman–Crippen LogP) is 3.57. The Morgan fingerprint density at radius 2 is 1.87 bits per heavy atom. The lowest BCUT2D eigenvalue weighted by Crippen LogP contribution is -2.32. The van der Waals surface area contributed by atoms with Crippen molar-refractivity contribution in [3.63, 3.8) is 0 Å². The monoisotopic (exact) mass is 346 g/mol. The largest absolute Gasteiger partial charge is 0.337 e. The molecule has 0 saturated carbocycles. The number of carbonyl (C=O) groups excluding carboxylic acids is 1. The first-order valence-electron chi connectivity index (χ1n) is 7.88. The number of hydrogen-bond donors (Lipinski definition) is 0. The molecule has 0 radical (unpaired) electrons. The first-order valence-corrected chi connectivity index (χ1v) is 9.98. The van der Waals surface area contributed by atoms with E-state index in [1.54, 1.807) is 16.2 Å². The van der Waals surface area contributed by atoms with Crippen LogP contribution in [0.1, 0.15) is 21.5 Å². The molecule has 1 fully saturated rings. The van der Waals surface area contributed by atoms with Gasteiger partial charge in [0.05, 0.1) is 0 Å². The van der Waals surface area contributed by atoms with Gasteiger partial charge in [-0.25, -0.2) is 0 Å². The molecule has 1 saturated heterocycles. The Hall–Kier alpha value is -1.30. The van der Waals surface area contributed by atoms with Crippen molar-refractivity contribution in [1.29, 1.82) is 0 Å². The Labute approximate surface area is 146 Å². The van der Waals surface area contributed by atoms with Gasteiger partial charge in [0.1, 0.15) is 0 Å². The van der Waals surface area contributed by atoms with Gasteiger partial charge in [0.2, 0.25) is 0 Å². The van der Waals surface area contributed by atoms with Crippen molar-refractivity contribution in [3.05, 3.63) is 57.8 Å². The third-order valence-corrected chi connectivity index (χ3v) is 5.73. The van der Waals surface area contributed by atoms with Crippen LogP contribution in [0.2, 0.25) is 0 Å². The third-order valence-electron chi connectivity index (χ3n) is 4.06. The molecule has 3 nitrogen and oxygen atoms in total. The van der Waals surface area contributed by atoms with Crippen LogP contribution < -0.4 is 0 Å². The predicted molar refractivity (Wildman–Crippen MR) is 99.2 cm³/mol. The van der Waals surface area contributed by atoms with Crippen molar-refractivity contribution in [1.82, 2.24) is 9.80 Å². The van der Waals surface area contributed by atoms with Crippen molar-refractivity contribution in [2.24, 2.45) is 0 Å². The molecule has 5 heteroatoms. The lowest BCUT2D eigenvalue weighted by molar-refractivity contribution is 0.0785. The number of hydrogen-bond acceptors (Lipinski definition) is 4. The molecule has 0 atom stereocenters. The summed E-state index contributed by atoms with van der Waals surface area (Å²) >= 11 is 3.69. The average Bonchev–Trinajstić information content (AvgIpc) is 3.09. The van der Waals surface area contributed by atoms with Gasteiger partial charge in [-0.15, -0.1) is 0 Å². The highest BCUT2D eigenvalue weighted by Gasteiger charge is 2.14. The summed E-state index contributed by atoms with van der Waals surface area (Å²) in [4.78, 5) is 16.7. The molecule has 0 N–H and O–H groups in total. The van der Waals surface area contributed by atoms with E-state index in [4.69, 9.17) is 0 Å². The Morgan fingerprint density at radius 1 is 1.13 bits per heavy atom.